The van der Waals surface area contributed by atoms with Gasteiger partial charge in [0.2, 0.25) is 5.91 Å². The van der Waals surface area contributed by atoms with E-state index < -0.39 is 5.38 Å². The second-order valence-electron chi connectivity index (χ2n) is 2.68. The third kappa shape index (κ3) is 3.32. The lowest BCUT2D eigenvalue weighted by molar-refractivity contribution is -0.120. The predicted molar refractivity (Wildman–Crippen MR) is 54.0 cm³/mol. The van der Waals surface area contributed by atoms with Crippen molar-refractivity contribution in [3.63, 3.8) is 0 Å². The zero-order valence-electron chi connectivity index (χ0n) is 7.50. The normalized spacial score (nSPS) is 12.5. The van der Waals surface area contributed by atoms with Gasteiger partial charge in [0.15, 0.2) is 0 Å². The van der Waals surface area contributed by atoms with Crippen LogP contribution in [0.25, 0.3) is 0 Å². The molecule has 0 spiro atoms. The number of carbonyl (C=O) groups is 1. The highest BCUT2D eigenvalue weighted by Gasteiger charge is 2.08. The molecule has 1 unspecified atom stereocenters. The van der Waals surface area contributed by atoms with Crippen molar-refractivity contribution in [1.82, 2.24) is 10.3 Å². The quantitative estimate of drug-likeness (QED) is 0.785. The molecule has 13 heavy (non-hydrogen) atoms. The molecule has 0 fully saturated rings. The predicted octanol–water partition coefficient (Wildman–Crippen LogP) is 1.70. The summed E-state index contributed by atoms with van der Waals surface area (Å²) in [6.07, 6.45) is 1.76. The van der Waals surface area contributed by atoms with Crippen molar-refractivity contribution in [2.24, 2.45) is 0 Å². The smallest absolute Gasteiger partial charge is 0.238 e. The summed E-state index contributed by atoms with van der Waals surface area (Å²) in [5.74, 6) is -0.146. The van der Waals surface area contributed by atoms with E-state index in [9.17, 15) is 4.79 Å². The lowest BCUT2D eigenvalue weighted by Gasteiger charge is -2.03. The van der Waals surface area contributed by atoms with Crippen LogP contribution in [0.1, 0.15) is 16.8 Å². The molecule has 1 atom stereocenters. The lowest BCUT2D eigenvalue weighted by Crippen LogP contribution is -2.28. The van der Waals surface area contributed by atoms with Gasteiger partial charge in [-0.3, -0.25) is 4.79 Å². The topological polar surface area (TPSA) is 42.0 Å². The van der Waals surface area contributed by atoms with Crippen molar-refractivity contribution in [2.75, 3.05) is 0 Å². The van der Waals surface area contributed by atoms with Gasteiger partial charge >= 0.3 is 0 Å². The Labute approximate surface area is 86.1 Å². The van der Waals surface area contributed by atoms with Crippen LogP contribution in [0.5, 0.6) is 0 Å². The van der Waals surface area contributed by atoms with Crippen molar-refractivity contribution in [2.45, 2.75) is 25.8 Å². The van der Waals surface area contributed by atoms with Crippen LogP contribution in [0.4, 0.5) is 0 Å². The Morgan fingerprint density at radius 3 is 3.00 bits per heavy atom. The maximum absolute atomic E-state index is 11.1. The zero-order valence-corrected chi connectivity index (χ0v) is 9.08. The Kier molecular flexibility index (Phi) is 3.69. The van der Waals surface area contributed by atoms with Gasteiger partial charge in [-0.1, -0.05) is 0 Å². The van der Waals surface area contributed by atoms with Crippen molar-refractivity contribution in [1.29, 1.82) is 0 Å². The molecule has 1 amide bonds. The van der Waals surface area contributed by atoms with E-state index in [1.165, 1.54) is 0 Å². The number of aryl methyl sites for hydroxylation is 1. The number of rotatable bonds is 3. The highest BCUT2D eigenvalue weighted by molar-refractivity contribution is 7.11. The van der Waals surface area contributed by atoms with Gasteiger partial charge in [0.25, 0.3) is 0 Å². The highest BCUT2D eigenvalue weighted by Crippen LogP contribution is 2.10. The molecular weight excluding hydrogens is 208 g/mol. The maximum Gasteiger partial charge on any atom is 0.238 e. The summed E-state index contributed by atoms with van der Waals surface area (Å²) in [6, 6.07) is 0. The fourth-order valence-electron chi connectivity index (χ4n) is 0.802. The van der Waals surface area contributed by atoms with Gasteiger partial charge in [0.05, 0.1) is 11.6 Å². The van der Waals surface area contributed by atoms with Crippen molar-refractivity contribution in [3.05, 3.63) is 16.1 Å². The molecule has 0 aromatic carbocycles. The number of thiazole rings is 1. The second-order valence-corrected chi connectivity index (χ2v) is 4.65. The molecule has 0 saturated heterocycles. The van der Waals surface area contributed by atoms with Crippen molar-refractivity contribution < 1.29 is 4.79 Å². The molecule has 0 saturated carbocycles. The molecule has 0 radical (unpaired) electrons. The molecule has 5 heteroatoms. The van der Waals surface area contributed by atoms with E-state index in [1.54, 1.807) is 24.5 Å². The first kappa shape index (κ1) is 10.5. The lowest BCUT2D eigenvalue weighted by atomic mass is 10.4. The SMILES string of the molecule is Cc1ncc(CNC(=O)C(C)Cl)s1. The van der Waals surface area contributed by atoms with E-state index in [1.807, 2.05) is 6.92 Å². The first-order valence-electron chi connectivity index (χ1n) is 3.92. The molecule has 1 heterocycles. The van der Waals surface area contributed by atoms with E-state index in [-0.39, 0.29) is 5.91 Å². The van der Waals surface area contributed by atoms with E-state index in [4.69, 9.17) is 11.6 Å². The third-order valence-electron chi connectivity index (χ3n) is 1.47. The average Bonchev–Trinajstić information content (AvgIpc) is 2.47. The number of halogens is 1. The third-order valence-corrected chi connectivity index (χ3v) is 2.58. The first-order chi connectivity index (χ1) is 6.09. The van der Waals surface area contributed by atoms with Gasteiger partial charge in [0, 0.05) is 11.1 Å². The maximum atomic E-state index is 11.1. The molecule has 1 aromatic heterocycles. The molecule has 1 N–H and O–H groups in total. The van der Waals surface area contributed by atoms with E-state index in [0.717, 1.165) is 9.88 Å². The molecule has 1 aromatic rings. The largest absolute Gasteiger partial charge is 0.350 e. The van der Waals surface area contributed by atoms with Crippen molar-refractivity contribution >= 4 is 28.8 Å². The molecule has 0 aliphatic carbocycles. The number of carbonyl (C=O) groups excluding carboxylic acids is 1. The number of hydrogen-bond acceptors (Lipinski definition) is 3. The van der Waals surface area contributed by atoms with Gasteiger partial charge < -0.3 is 5.32 Å². The van der Waals surface area contributed by atoms with Crippen LogP contribution in [0.15, 0.2) is 6.20 Å². The summed E-state index contributed by atoms with van der Waals surface area (Å²) in [7, 11) is 0. The Morgan fingerprint density at radius 1 is 1.85 bits per heavy atom. The minimum atomic E-state index is -0.478. The molecule has 3 nitrogen and oxygen atoms in total. The number of hydrogen-bond donors (Lipinski definition) is 1. The number of nitrogens with zero attached hydrogens (tertiary/aromatic N) is 1. The number of aromatic nitrogens is 1. The first-order valence-corrected chi connectivity index (χ1v) is 5.18. The summed E-state index contributed by atoms with van der Waals surface area (Å²) >= 11 is 7.15. The van der Waals surface area contributed by atoms with Crippen LogP contribution >= 0.6 is 22.9 Å². The fraction of sp³-hybridized carbons (Fsp3) is 0.500. The van der Waals surface area contributed by atoms with E-state index >= 15 is 0 Å². The highest BCUT2D eigenvalue weighted by atomic mass is 35.5. The minimum Gasteiger partial charge on any atom is -0.350 e. The summed E-state index contributed by atoms with van der Waals surface area (Å²) in [6.45, 7) is 4.09. The molecule has 0 aliphatic rings. The van der Waals surface area contributed by atoms with Crippen molar-refractivity contribution in [3.8, 4) is 0 Å². The number of nitrogens with one attached hydrogen (secondary N) is 1. The standard InChI is InChI=1S/C8H11ClN2OS/c1-5(9)8(12)11-4-7-3-10-6(2)13-7/h3,5H,4H2,1-2H3,(H,11,12). The van der Waals surface area contributed by atoms with Crippen LogP contribution in [0.2, 0.25) is 0 Å². The Bertz CT molecular complexity index is 298. The summed E-state index contributed by atoms with van der Waals surface area (Å²) < 4.78 is 0. The van der Waals surface area contributed by atoms with Crippen LogP contribution in [-0.4, -0.2) is 16.3 Å². The van der Waals surface area contributed by atoms with E-state index in [2.05, 4.69) is 10.3 Å². The minimum absolute atomic E-state index is 0.146. The van der Waals surface area contributed by atoms with Gasteiger partial charge in [-0.2, -0.15) is 0 Å². The van der Waals surface area contributed by atoms with E-state index in [0.29, 0.717) is 6.54 Å². The van der Waals surface area contributed by atoms with Gasteiger partial charge in [-0.15, -0.1) is 22.9 Å². The molecular formula is C8H11ClN2OS. The molecule has 1 rings (SSSR count). The molecule has 0 aliphatic heterocycles. The Morgan fingerprint density at radius 2 is 2.54 bits per heavy atom. The Balaban J connectivity index is 2.39. The number of alkyl halides is 1. The van der Waals surface area contributed by atoms with Crippen LogP contribution in [-0.2, 0) is 11.3 Å². The van der Waals surface area contributed by atoms with Gasteiger partial charge in [0.1, 0.15) is 5.38 Å². The van der Waals surface area contributed by atoms with Gasteiger partial charge in [-0.05, 0) is 13.8 Å². The molecule has 72 valence electrons. The summed E-state index contributed by atoms with van der Waals surface area (Å²) in [4.78, 5) is 16.2. The monoisotopic (exact) mass is 218 g/mol. The van der Waals surface area contributed by atoms with Gasteiger partial charge in [-0.25, -0.2) is 4.98 Å². The number of amides is 1. The van der Waals surface area contributed by atoms with Crippen LogP contribution in [0.3, 0.4) is 0 Å². The Hall–Kier alpha value is -0.610. The summed E-state index contributed by atoms with van der Waals surface area (Å²) in [5, 5.41) is 3.24. The fourth-order valence-corrected chi connectivity index (χ4v) is 1.61. The van der Waals surface area contributed by atoms with Crippen LogP contribution in [0, 0.1) is 6.92 Å². The molecule has 0 bridgehead atoms. The second kappa shape index (κ2) is 4.58. The summed E-state index contributed by atoms with van der Waals surface area (Å²) in [5.41, 5.74) is 0. The average molecular weight is 219 g/mol. The van der Waals surface area contributed by atoms with Crippen LogP contribution < -0.4 is 5.32 Å². The zero-order chi connectivity index (χ0) is 9.84.